The summed E-state index contributed by atoms with van der Waals surface area (Å²) in [5.41, 5.74) is 9.17. The van der Waals surface area contributed by atoms with Gasteiger partial charge in [-0.05, 0) is 210 Å². The standard InChI is InChI=1S/C50H64O/c1-3-14-33(15-4-1)35-18-11-20-38(30-35)48-41-22-7-8-23-42(41)49(39-21-12-19-36(31-39)34-16-5-2-6-17-34)45-32-37(28-29-43(45)48)40-25-13-27-47-50(40)44-24-9-10-26-46(44)51-47/h1,3,10-12,16,18-20,26-27,33,35-37,39-42,45,49-50H,2,4-9,13-15,17,21-25,28-32H2. The van der Waals surface area contributed by atoms with Crippen molar-refractivity contribution in [3.63, 3.8) is 0 Å². The second-order valence-corrected chi connectivity index (χ2v) is 18.8. The summed E-state index contributed by atoms with van der Waals surface area (Å²) in [6.45, 7) is 0. The van der Waals surface area contributed by atoms with E-state index in [0.717, 1.165) is 53.3 Å². The average Bonchev–Trinajstić information content (AvgIpc) is 3.59. The molecule has 0 radical (unpaired) electrons. The lowest BCUT2D eigenvalue weighted by Gasteiger charge is -2.55. The Morgan fingerprint density at radius 3 is 2.51 bits per heavy atom. The Balaban J connectivity index is 1.02. The first kappa shape index (κ1) is 33.1. The highest BCUT2D eigenvalue weighted by atomic mass is 16.5. The van der Waals surface area contributed by atoms with Gasteiger partial charge in [-0.1, -0.05) is 78.7 Å². The van der Waals surface area contributed by atoms with Crippen LogP contribution in [0.5, 0.6) is 0 Å². The largest absolute Gasteiger partial charge is 0.461 e. The van der Waals surface area contributed by atoms with Gasteiger partial charge < -0.3 is 4.74 Å². The van der Waals surface area contributed by atoms with Gasteiger partial charge in [-0.3, -0.25) is 0 Å². The third kappa shape index (κ3) is 6.13. The lowest BCUT2D eigenvalue weighted by molar-refractivity contribution is 0.0334. The van der Waals surface area contributed by atoms with Gasteiger partial charge in [-0.25, -0.2) is 0 Å². The quantitative estimate of drug-likeness (QED) is 0.263. The molecule has 1 nitrogen and oxygen atoms in total. The van der Waals surface area contributed by atoms with Crippen LogP contribution in [0.4, 0.5) is 0 Å². The molecule has 10 aliphatic rings. The Kier molecular flexibility index (Phi) is 9.31. The molecule has 1 heteroatoms. The maximum absolute atomic E-state index is 6.62. The monoisotopic (exact) mass is 680 g/mol. The fourth-order valence-corrected chi connectivity index (χ4v) is 14.2. The molecule has 2 saturated carbocycles. The molecule has 0 aromatic carbocycles. The first-order valence-corrected chi connectivity index (χ1v) is 22.2. The van der Waals surface area contributed by atoms with E-state index in [1.54, 1.807) is 16.7 Å². The van der Waals surface area contributed by atoms with E-state index in [9.17, 15) is 0 Å². The average molecular weight is 681 g/mol. The van der Waals surface area contributed by atoms with E-state index in [0.29, 0.717) is 11.8 Å². The first-order valence-electron chi connectivity index (χ1n) is 22.2. The molecule has 11 atom stereocenters. The van der Waals surface area contributed by atoms with Crippen molar-refractivity contribution in [2.45, 2.75) is 135 Å². The van der Waals surface area contributed by atoms with Gasteiger partial charge in [0.2, 0.25) is 0 Å². The van der Waals surface area contributed by atoms with Crippen LogP contribution in [0.2, 0.25) is 0 Å². The van der Waals surface area contributed by atoms with Crippen LogP contribution >= 0.6 is 0 Å². The van der Waals surface area contributed by atoms with Crippen LogP contribution in [0.1, 0.15) is 135 Å². The number of fused-ring (bicyclic) bond motifs is 4. The van der Waals surface area contributed by atoms with Crippen molar-refractivity contribution in [1.82, 2.24) is 0 Å². The van der Waals surface area contributed by atoms with Crippen molar-refractivity contribution in [2.75, 3.05) is 0 Å². The molecule has 51 heavy (non-hydrogen) atoms. The first-order chi connectivity index (χ1) is 25.3. The van der Waals surface area contributed by atoms with Crippen LogP contribution in [0.3, 0.4) is 0 Å². The van der Waals surface area contributed by atoms with Gasteiger partial charge in [-0.2, -0.15) is 0 Å². The van der Waals surface area contributed by atoms with Crippen molar-refractivity contribution in [2.24, 2.45) is 65.1 Å². The van der Waals surface area contributed by atoms with Crippen molar-refractivity contribution >= 4 is 0 Å². The summed E-state index contributed by atoms with van der Waals surface area (Å²) in [5, 5.41) is 0. The molecule has 0 aromatic rings. The zero-order valence-corrected chi connectivity index (χ0v) is 31.5. The molecule has 9 aliphatic carbocycles. The van der Waals surface area contributed by atoms with E-state index >= 15 is 0 Å². The fraction of sp³-hybridized carbons (Fsp3) is 0.640. The van der Waals surface area contributed by atoms with Crippen LogP contribution in [0.25, 0.3) is 0 Å². The summed E-state index contributed by atoms with van der Waals surface area (Å²) in [6.07, 6.45) is 56.3. The Labute approximate surface area is 309 Å². The molecule has 2 fully saturated rings. The predicted octanol–water partition coefficient (Wildman–Crippen LogP) is 13.6. The highest BCUT2D eigenvalue weighted by molar-refractivity contribution is 5.46. The lowest BCUT2D eigenvalue weighted by Crippen LogP contribution is -2.46. The third-order valence-electron chi connectivity index (χ3n) is 16.3. The van der Waals surface area contributed by atoms with E-state index in [2.05, 4.69) is 66.8 Å². The van der Waals surface area contributed by atoms with Crippen molar-refractivity contribution in [3.05, 3.63) is 106 Å². The molecule has 10 rings (SSSR count). The molecule has 11 unspecified atom stereocenters. The van der Waals surface area contributed by atoms with Crippen LogP contribution < -0.4 is 0 Å². The van der Waals surface area contributed by atoms with Crippen molar-refractivity contribution in [1.29, 1.82) is 0 Å². The second kappa shape index (κ2) is 14.4. The van der Waals surface area contributed by atoms with Gasteiger partial charge in [0.15, 0.2) is 0 Å². The SMILES string of the molecule is C1=CC(C2CC=CCC2)CC(C2=C3CCC(C4CCC=C5OC6=C(CCC=C6)C54)CC3C(C3CC=CC(C4=CCCCC4)C3)C3CCCCC23)=C1. The Bertz CT molecular complexity index is 1630. The highest BCUT2D eigenvalue weighted by Gasteiger charge is 2.52. The zero-order chi connectivity index (χ0) is 33.7. The van der Waals surface area contributed by atoms with Gasteiger partial charge in [0.1, 0.15) is 11.5 Å². The molecule has 270 valence electrons. The normalized spacial score (nSPS) is 41.9. The van der Waals surface area contributed by atoms with Gasteiger partial charge in [-0.15, -0.1) is 0 Å². The van der Waals surface area contributed by atoms with Gasteiger partial charge in [0, 0.05) is 5.92 Å². The Hall–Kier alpha value is -2.54. The summed E-state index contributed by atoms with van der Waals surface area (Å²) in [7, 11) is 0. The van der Waals surface area contributed by atoms with Crippen LogP contribution in [0.15, 0.2) is 106 Å². The van der Waals surface area contributed by atoms with E-state index in [4.69, 9.17) is 4.74 Å². The number of ether oxygens (including phenoxy) is 1. The van der Waals surface area contributed by atoms with Gasteiger partial charge in [0.05, 0.1) is 0 Å². The summed E-state index contributed by atoms with van der Waals surface area (Å²) >= 11 is 0. The van der Waals surface area contributed by atoms with Gasteiger partial charge >= 0.3 is 0 Å². The summed E-state index contributed by atoms with van der Waals surface area (Å²) in [6, 6.07) is 0. The molecule has 0 aromatic heterocycles. The predicted molar refractivity (Wildman–Crippen MR) is 211 cm³/mol. The van der Waals surface area contributed by atoms with Crippen LogP contribution in [-0.4, -0.2) is 0 Å². The zero-order valence-electron chi connectivity index (χ0n) is 31.5. The molecule has 0 spiro atoms. The summed E-state index contributed by atoms with van der Waals surface area (Å²) < 4.78 is 6.62. The number of rotatable bonds is 5. The van der Waals surface area contributed by atoms with Crippen molar-refractivity contribution < 1.29 is 4.74 Å². The minimum absolute atomic E-state index is 0.565. The smallest absolute Gasteiger partial charge is 0.126 e. The minimum atomic E-state index is 0.565. The molecule has 1 heterocycles. The topological polar surface area (TPSA) is 9.23 Å². The molecule has 0 saturated heterocycles. The highest BCUT2D eigenvalue weighted by Crippen LogP contribution is 2.62. The summed E-state index contributed by atoms with van der Waals surface area (Å²) in [5.74, 6) is 11.2. The Morgan fingerprint density at radius 2 is 1.59 bits per heavy atom. The number of hydrogen-bond donors (Lipinski definition) is 0. The minimum Gasteiger partial charge on any atom is -0.461 e. The molecular weight excluding hydrogens is 617 g/mol. The third-order valence-corrected chi connectivity index (χ3v) is 16.3. The lowest BCUT2D eigenvalue weighted by atomic mass is 9.49. The molecule has 0 N–H and O–H groups in total. The van der Waals surface area contributed by atoms with E-state index in [-0.39, 0.29) is 0 Å². The second-order valence-electron chi connectivity index (χ2n) is 18.8. The van der Waals surface area contributed by atoms with Crippen LogP contribution in [0, 0.1) is 65.1 Å². The van der Waals surface area contributed by atoms with E-state index in [1.165, 1.54) is 146 Å². The molecule has 1 aliphatic heterocycles. The molecular formula is C50H64O. The molecule has 0 amide bonds. The maximum atomic E-state index is 6.62. The number of allylic oxidation sites excluding steroid dienone is 16. The molecule has 0 bridgehead atoms. The van der Waals surface area contributed by atoms with Gasteiger partial charge in [0.25, 0.3) is 0 Å². The fourth-order valence-electron chi connectivity index (χ4n) is 14.2. The number of hydrogen-bond acceptors (Lipinski definition) is 1. The van der Waals surface area contributed by atoms with E-state index < -0.39 is 0 Å². The van der Waals surface area contributed by atoms with Crippen molar-refractivity contribution in [3.8, 4) is 0 Å². The van der Waals surface area contributed by atoms with Crippen LogP contribution in [-0.2, 0) is 4.74 Å². The van der Waals surface area contributed by atoms with E-state index in [1.807, 2.05) is 11.1 Å². The Morgan fingerprint density at radius 1 is 0.627 bits per heavy atom. The summed E-state index contributed by atoms with van der Waals surface area (Å²) in [4.78, 5) is 0. The maximum Gasteiger partial charge on any atom is 0.126 e.